The summed E-state index contributed by atoms with van der Waals surface area (Å²) in [5.41, 5.74) is 8.72. The van der Waals surface area contributed by atoms with Crippen LogP contribution in [0.15, 0.2) is 78.9 Å². The molecule has 0 aliphatic heterocycles. The fourth-order valence-electron chi connectivity index (χ4n) is 3.74. The SMILES string of the molecule is C[C@](N)(COC1(c2ccccc2)c2ccccc2-c2ccccc21)C(=O)O. The van der Waals surface area contributed by atoms with Crippen molar-refractivity contribution in [3.8, 4) is 11.1 Å². The smallest absolute Gasteiger partial charge is 0.325 e. The molecule has 0 spiro atoms. The Morgan fingerprint density at radius 1 is 0.926 bits per heavy atom. The minimum atomic E-state index is -1.49. The van der Waals surface area contributed by atoms with Gasteiger partial charge in [-0.15, -0.1) is 0 Å². The highest BCUT2D eigenvalue weighted by Gasteiger charge is 2.47. The molecule has 1 aliphatic carbocycles. The van der Waals surface area contributed by atoms with E-state index < -0.39 is 17.1 Å². The first-order chi connectivity index (χ1) is 13.0. The van der Waals surface area contributed by atoms with E-state index in [0.717, 1.165) is 27.8 Å². The van der Waals surface area contributed by atoms with Crippen LogP contribution >= 0.6 is 0 Å². The maximum atomic E-state index is 11.6. The Balaban J connectivity index is 1.96. The molecule has 136 valence electrons. The van der Waals surface area contributed by atoms with Crippen molar-refractivity contribution in [2.45, 2.75) is 18.1 Å². The van der Waals surface area contributed by atoms with E-state index in [1.807, 2.05) is 66.7 Å². The van der Waals surface area contributed by atoms with Gasteiger partial charge in [-0.25, -0.2) is 0 Å². The third-order valence-electron chi connectivity index (χ3n) is 5.16. The quantitative estimate of drug-likeness (QED) is 0.727. The van der Waals surface area contributed by atoms with E-state index in [9.17, 15) is 9.90 Å². The lowest BCUT2D eigenvalue weighted by Gasteiger charge is -2.35. The van der Waals surface area contributed by atoms with Crippen LogP contribution in [0.5, 0.6) is 0 Å². The van der Waals surface area contributed by atoms with Crippen molar-refractivity contribution in [2.75, 3.05) is 6.61 Å². The van der Waals surface area contributed by atoms with Crippen molar-refractivity contribution in [3.63, 3.8) is 0 Å². The van der Waals surface area contributed by atoms with Gasteiger partial charge >= 0.3 is 5.97 Å². The number of aliphatic carboxylic acids is 1. The molecule has 4 rings (SSSR count). The highest BCUT2D eigenvalue weighted by Crippen LogP contribution is 2.53. The van der Waals surface area contributed by atoms with Crippen LogP contribution < -0.4 is 5.73 Å². The van der Waals surface area contributed by atoms with Crippen LogP contribution in [0.2, 0.25) is 0 Å². The van der Waals surface area contributed by atoms with Gasteiger partial charge in [-0.05, 0) is 23.6 Å². The summed E-state index contributed by atoms with van der Waals surface area (Å²) in [4.78, 5) is 11.6. The predicted octanol–water partition coefficient (Wildman–Crippen LogP) is 3.78. The van der Waals surface area contributed by atoms with E-state index in [-0.39, 0.29) is 6.61 Å². The number of hydrogen-bond acceptors (Lipinski definition) is 3. The Morgan fingerprint density at radius 2 is 1.41 bits per heavy atom. The first-order valence-corrected chi connectivity index (χ1v) is 8.88. The van der Waals surface area contributed by atoms with E-state index in [0.29, 0.717) is 0 Å². The van der Waals surface area contributed by atoms with Crippen LogP contribution in [0.4, 0.5) is 0 Å². The average Bonchev–Trinajstić information content (AvgIpc) is 2.98. The van der Waals surface area contributed by atoms with Crippen molar-refractivity contribution < 1.29 is 14.6 Å². The van der Waals surface area contributed by atoms with E-state index in [4.69, 9.17) is 10.5 Å². The molecule has 4 nitrogen and oxygen atoms in total. The molecule has 3 aromatic rings. The second kappa shape index (κ2) is 6.34. The van der Waals surface area contributed by atoms with Crippen LogP contribution in [-0.2, 0) is 15.1 Å². The number of carboxylic acid groups (broad SMARTS) is 1. The zero-order chi connectivity index (χ0) is 19.1. The summed E-state index contributed by atoms with van der Waals surface area (Å²) in [7, 11) is 0. The van der Waals surface area contributed by atoms with Gasteiger partial charge in [-0.3, -0.25) is 4.79 Å². The zero-order valence-electron chi connectivity index (χ0n) is 15.1. The molecule has 3 N–H and O–H groups in total. The maximum Gasteiger partial charge on any atom is 0.325 e. The summed E-state index contributed by atoms with van der Waals surface area (Å²) in [6, 6.07) is 26.1. The molecular weight excluding hydrogens is 338 g/mol. The number of carboxylic acids is 1. The molecule has 0 saturated heterocycles. The van der Waals surface area contributed by atoms with Crippen molar-refractivity contribution in [1.29, 1.82) is 0 Å². The lowest BCUT2D eigenvalue weighted by Crippen LogP contribution is -2.51. The molecule has 0 bridgehead atoms. The van der Waals surface area contributed by atoms with Crippen LogP contribution in [0.25, 0.3) is 11.1 Å². The number of benzene rings is 3. The summed E-state index contributed by atoms with van der Waals surface area (Å²) in [6.45, 7) is 1.35. The van der Waals surface area contributed by atoms with E-state index in [1.165, 1.54) is 6.92 Å². The normalized spacial score (nSPS) is 16.2. The van der Waals surface area contributed by atoms with Gasteiger partial charge in [-0.1, -0.05) is 78.9 Å². The Bertz CT molecular complexity index is 950. The fourth-order valence-corrected chi connectivity index (χ4v) is 3.74. The third kappa shape index (κ3) is 2.65. The summed E-state index contributed by atoms with van der Waals surface area (Å²) < 4.78 is 6.45. The number of carbonyl (C=O) groups is 1. The fraction of sp³-hybridized carbons (Fsp3) is 0.174. The van der Waals surface area contributed by atoms with Gasteiger partial charge in [0.05, 0.1) is 6.61 Å². The lowest BCUT2D eigenvalue weighted by molar-refractivity contribution is -0.146. The largest absolute Gasteiger partial charge is 0.480 e. The second-order valence-corrected chi connectivity index (χ2v) is 7.15. The van der Waals surface area contributed by atoms with E-state index >= 15 is 0 Å². The molecule has 3 aromatic carbocycles. The zero-order valence-corrected chi connectivity index (χ0v) is 15.1. The van der Waals surface area contributed by atoms with Crippen molar-refractivity contribution in [1.82, 2.24) is 0 Å². The molecule has 0 fully saturated rings. The third-order valence-corrected chi connectivity index (χ3v) is 5.16. The highest BCUT2D eigenvalue weighted by atomic mass is 16.5. The molecule has 1 aliphatic rings. The molecule has 0 saturated carbocycles. The van der Waals surface area contributed by atoms with Gasteiger partial charge < -0.3 is 15.6 Å². The minimum absolute atomic E-state index is 0.125. The predicted molar refractivity (Wildman–Crippen MR) is 104 cm³/mol. The molecule has 0 aromatic heterocycles. The van der Waals surface area contributed by atoms with Gasteiger partial charge in [-0.2, -0.15) is 0 Å². The average molecular weight is 359 g/mol. The standard InChI is InChI=1S/C23H21NO3/c1-22(24,21(25)26)15-27-23(16-9-3-2-4-10-16)19-13-7-5-11-17(19)18-12-6-8-14-20(18)23/h2-14H,15,24H2,1H3,(H,25,26)/t22-/m0/s1. The molecule has 1 atom stereocenters. The van der Waals surface area contributed by atoms with Gasteiger partial charge in [0, 0.05) is 11.1 Å². The first-order valence-electron chi connectivity index (χ1n) is 8.88. The summed E-state index contributed by atoms with van der Waals surface area (Å²) in [5, 5.41) is 9.46. The lowest BCUT2D eigenvalue weighted by atomic mass is 9.83. The van der Waals surface area contributed by atoms with Crippen LogP contribution in [0.3, 0.4) is 0 Å². The molecule has 4 heteroatoms. The highest BCUT2D eigenvalue weighted by molar-refractivity contribution is 5.82. The van der Waals surface area contributed by atoms with E-state index in [2.05, 4.69) is 12.1 Å². The van der Waals surface area contributed by atoms with Crippen molar-refractivity contribution >= 4 is 5.97 Å². The second-order valence-electron chi connectivity index (χ2n) is 7.15. The molecular formula is C23H21NO3. The first kappa shape index (κ1) is 17.5. The number of ether oxygens (including phenoxy) is 1. The maximum absolute atomic E-state index is 11.6. The molecule has 0 radical (unpaired) electrons. The molecule has 0 amide bonds. The topological polar surface area (TPSA) is 72.5 Å². The summed E-state index contributed by atoms with van der Waals surface area (Å²) in [5.74, 6) is -1.09. The molecule has 27 heavy (non-hydrogen) atoms. The minimum Gasteiger partial charge on any atom is -0.480 e. The van der Waals surface area contributed by atoms with Gasteiger partial charge in [0.1, 0.15) is 11.1 Å². The monoisotopic (exact) mass is 359 g/mol. The molecule has 0 heterocycles. The number of nitrogens with two attached hydrogens (primary N) is 1. The van der Waals surface area contributed by atoms with Gasteiger partial charge in [0.25, 0.3) is 0 Å². The Kier molecular flexibility index (Phi) is 4.10. The van der Waals surface area contributed by atoms with Gasteiger partial charge in [0.2, 0.25) is 0 Å². The van der Waals surface area contributed by atoms with Crippen molar-refractivity contribution in [2.24, 2.45) is 5.73 Å². The number of fused-ring (bicyclic) bond motifs is 3. The Labute approximate surface area is 158 Å². The van der Waals surface area contributed by atoms with Crippen LogP contribution in [-0.4, -0.2) is 23.2 Å². The number of rotatable bonds is 5. The Morgan fingerprint density at radius 3 is 1.93 bits per heavy atom. The summed E-state index contributed by atoms with van der Waals surface area (Å²) in [6.07, 6.45) is 0. The van der Waals surface area contributed by atoms with Gasteiger partial charge in [0.15, 0.2) is 0 Å². The molecule has 0 unspecified atom stereocenters. The van der Waals surface area contributed by atoms with Crippen LogP contribution in [0, 0.1) is 0 Å². The summed E-state index contributed by atoms with van der Waals surface area (Å²) >= 11 is 0. The number of hydrogen-bond donors (Lipinski definition) is 2. The van der Waals surface area contributed by atoms with Crippen LogP contribution in [0.1, 0.15) is 23.6 Å². The van der Waals surface area contributed by atoms with E-state index in [1.54, 1.807) is 0 Å². The Hall–Kier alpha value is -2.95. The van der Waals surface area contributed by atoms with Crippen molar-refractivity contribution in [3.05, 3.63) is 95.6 Å².